The predicted octanol–water partition coefficient (Wildman–Crippen LogP) is 2.22. The van der Waals surface area contributed by atoms with Crippen molar-refractivity contribution in [3.05, 3.63) is 42.6 Å². The van der Waals surface area contributed by atoms with Gasteiger partial charge in [0.05, 0.1) is 12.2 Å². The van der Waals surface area contributed by atoms with Crippen molar-refractivity contribution in [2.24, 2.45) is 0 Å². The zero-order chi connectivity index (χ0) is 16.4. The third-order valence-electron chi connectivity index (χ3n) is 4.55. The molecule has 0 bridgehead atoms. The Morgan fingerprint density at radius 1 is 1.21 bits per heavy atom. The van der Waals surface area contributed by atoms with Crippen molar-refractivity contribution in [1.82, 2.24) is 15.0 Å². The fourth-order valence-corrected chi connectivity index (χ4v) is 3.50. The van der Waals surface area contributed by atoms with Crippen molar-refractivity contribution in [1.29, 1.82) is 0 Å². The highest BCUT2D eigenvalue weighted by Crippen LogP contribution is 2.37. The maximum atomic E-state index is 13.7. The fraction of sp³-hybridized carbons (Fsp3) is 0.471. The van der Waals surface area contributed by atoms with Crippen molar-refractivity contribution in [2.75, 3.05) is 24.6 Å². The van der Waals surface area contributed by atoms with Crippen LogP contribution in [-0.2, 0) is 4.74 Å². The highest BCUT2D eigenvalue weighted by molar-refractivity contribution is 5.31. The summed E-state index contributed by atoms with van der Waals surface area (Å²) in [6, 6.07) is 4.71. The molecule has 2 aliphatic rings. The van der Waals surface area contributed by atoms with Gasteiger partial charge in [0, 0.05) is 38.1 Å². The third kappa shape index (κ3) is 3.03. The van der Waals surface area contributed by atoms with Crippen LogP contribution in [0.4, 0.5) is 10.3 Å². The maximum absolute atomic E-state index is 13.7. The summed E-state index contributed by atoms with van der Waals surface area (Å²) in [4.78, 5) is 14.7. The second kappa shape index (κ2) is 6.32. The van der Waals surface area contributed by atoms with Gasteiger partial charge in [0.2, 0.25) is 5.95 Å². The molecule has 6 nitrogen and oxygen atoms in total. The zero-order valence-electron chi connectivity index (χ0n) is 13.3. The van der Waals surface area contributed by atoms with Gasteiger partial charge in [0.15, 0.2) is 5.82 Å². The van der Waals surface area contributed by atoms with Crippen molar-refractivity contribution in [2.45, 2.75) is 31.0 Å². The summed E-state index contributed by atoms with van der Waals surface area (Å²) in [7, 11) is 0. The molecule has 7 heteroatoms. The third-order valence-corrected chi connectivity index (χ3v) is 4.55. The van der Waals surface area contributed by atoms with Gasteiger partial charge in [-0.3, -0.25) is 0 Å². The molecule has 2 aromatic rings. The normalized spacial score (nSPS) is 26.7. The maximum Gasteiger partial charge on any atom is 0.250 e. The molecule has 0 unspecified atom stereocenters. The molecule has 0 saturated carbocycles. The molecule has 0 N–H and O–H groups in total. The number of halogens is 1. The number of piperidine rings is 1. The van der Waals surface area contributed by atoms with Crippen LogP contribution >= 0.6 is 0 Å². The lowest BCUT2D eigenvalue weighted by Gasteiger charge is -2.39. The zero-order valence-corrected chi connectivity index (χ0v) is 13.3. The molecule has 1 spiro atoms. The number of rotatable bonds is 3. The van der Waals surface area contributed by atoms with Gasteiger partial charge in [-0.15, -0.1) is 0 Å². The van der Waals surface area contributed by atoms with E-state index < -0.39 is 5.82 Å². The van der Waals surface area contributed by atoms with Crippen LogP contribution in [0.15, 0.2) is 36.8 Å². The molecular formula is C17H19FN4O2. The highest BCUT2D eigenvalue weighted by Gasteiger charge is 2.45. The van der Waals surface area contributed by atoms with Crippen LogP contribution < -0.4 is 9.64 Å². The summed E-state index contributed by atoms with van der Waals surface area (Å²) in [5.74, 6) is 0.323. The molecule has 2 aromatic heterocycles. The van der Waals surface area contributed by atoms with Gasteiger partial charge >= 0.3 is 0 Å². The Morgan fingerprint density at radius 2 is 2.04 bits per heavy atom. The van der Waals surface area contributed by atoms with E-state index in [-0.39, 0.29) is 17.6 Å². The van der Waals surface area contributed by atoms with E-state index in [0.29, 0.717) is 13.0 Å². The lowest BCUT2D eigenvalue weighted by atomic mass is 9.89. The molecule has 4 heterocycles. The first kappa shape index (κ1) is 15.3. The Hall–Kier alpha value is -2.28. The minimum absolute atomic E-state index is 0.0437. The van der Waals surface area contributed by atoms with Crippen LogP contribution in [0.25, 0.3) is 0 Å². The number of ether oxygens (including phenoxy) is 2. The van der Waals surface area contributed by atoms with E-state index in [0.717, 1.165) is 31.9 Å². The topological polar surface area (TPSA) is 60.4 Å². The van der Waals surface area contributed by atoms with Crippen LogP contribution in [-0.4, -0.2) is 46.4 Å². The molecule has 0 radical (unpaired) electrons. The molecular weight excluding hydrogens is 311 g/mol. The Labute approximate surface area is 139 Å². The number of anilines is 1. The van der Waals surface area contributed by atoms with Crippen molar-refractivity contribution >= 4 is 5.95 Å². The van der Waals surface area contributed by atoms with Crippen molar-refractivity contribution in [3.63, 3.8) is 0 Å². The molecule has 24 heavy (non-hydrogen) atoms. The summed E-state index contributed by atoms with van der Waals surface area (Å²) < 4.78 is 25.5. The van der Waals surface area contributed by atoms with E-state index in [1.807, 2.05) is 0 Å². The van der Waals surface area contributed by atoms with E-state index in [9.17, 15) is 4.39 Å². The number of hydrogen-bond acceptors (Lipinski definition) is 6. The Balaban J connectivity index is 1.44. The SMILES string of the molecule is Fc1cccnc1O[C@@H]1CO[C@]2(CCCN(c3ncccn3)C2)C1. The van der Waals surface area contributed by atoms with Crippen molar-refractivity contribution in [3.8, 4) is 5.88 Å². The first-order valence-electron chi connectivity index (χ1n) is 8.17. The Kier molecular flexibility index (Phi) is 4.02. The first-order chi connectivity index (χ1) is 11.7. The number of pyridine rings is 1. The molecule has 0 aromatic carbocycles. The monoisotopic (exact) mass is 330 g/mol. The van der Waals surface area contributed by atoms with E-state index >= 15 is 0 Å². The average molecular weight is 330 g/mol. The van der Waals surface area contributed by atoms with E-state index in [2.05, 4.69) is 19.9 Å². The summed E-state index contributed by atoms with van der Waals surface area (Å²) in [5.41, 5.74) is -0.284. The first-order valence-corrected chi connectivity index (χ1v) is 8.17. The molecule has 2 fully saturated rings. The molecule has 2 saturated heterocycles. The van der Waals surface area contributed by atoms with Crippen LogP contribution in [0.2, 0.25) is 0 Å². The lowest BCUT2D eigenvalue weighted by Crippen LogP contribution is -2.48. The summed E-state index contributed by atoms with van der Waals surface area (Å²) in [5, 5.41) is 0. The van der Waals surface area contributed by atoms with Gasteiger partial charge in [-0.25, -0.2) is 19.3 Å². The summed E-state index contributed by atoms with van der Waals surface area (Å²) in [6.45, 7) is 2.08. The second-order valence-electron chi connectivity index (χ2n) is 6.30. The van der Waals surface area contributed by atoms with Gasteiger partial charge in [0.1, 0.15) is 6.10 Å². The van der Waals surface area contributed by atoms with Gasteiger partial charge < -0.3 is 14.4 Å². The number of nitrogens with zero attached hydrogens (tertiary/aromatic N) is 4. The highest BCUT2D eigenvalue weighted by atomic mass is 19.1. The van der Waals surface area contributed by atoms with E-state index in [1.165, 1.54) is 12.3 Å². The Bertz CT molecular complexity index is 702. The Morgan fingerprint density at radius 3 is 2.88 bits per heavy atom. The van der Waals surface area contributed by atoms with Gasteiger partial charge in [-0.1, -0.05) is 0 Å². The standard InChI is InChI=1S/C17H19FN4O2/c18-14-4-1-6-19-15(14)24-13-10-17(23-11-13)5-2-9-22(12-17)16-20-7-3-8-21-16/h1,3-4,6-8,13H,2,5,9-12H2/t13-,17+/m0/s1. The number of hydrogen-bond donors (Lipinski definition) is 0. The predicted molar refractivity (Wildman–Crippen MR) is 85.4 cm³/mol. The molecule has 126 valence electrons. The van der Waals surface area contributed by atoms with Gasteiger partial charge in [-0.05, 0) is 31.0 Å². The van der Waals surface area contributed by atoms with Crippen molar-refractivity contribution < 1.29 is 13.9 Å². The van der Waals surface area contributed by atoms with Crippen LogP contribution in [0.3, 0.4) is 0 Å². The quantitative estimate of drug-likeness (QED) is 0.860. The molecule has 2 atom stereocenters. The lowest BCUT2D eigenvalue weighted by molar-refractivity contribution is -0.00856. The molecule has 0 aliphatic carbocycles. The fourth-order valence-electron chi connectivity index (χ4n) is 3.50. The molecule has 0 amide bonds. The summed E-state index contributed by atoms with van der Waals surface area (Å²) in [6.07, 6.45) is 7.50. The van der Waals surface area contributed by atoms with Crippen LogP contribution in [0.1, 0.15) is 19.3 Å². The van der Waals surface area contributed by atoms with Crippen LogP contribution in [0.5, 0.6) is 5.88 Å². The number of aromatic nitrogens is 3. The van der Waals surface area contributed by atoms with Gasteiger partial charge in [-0.2, -0.15) is 0 Å². The minimum Gasteiger partial charge on any atom is -0.470 e. The largest absolute Gasteiger partial charge is 0.470 e. The van der Waals surface area contributed by atoms with E-state index in [1.54, 1.807) is 24.5 Å². The molecule has 2 aliphatic heterocycles. The second-order valence-corrected chi connectivity index (χ2v) is 6.30. The van der Waals surface area contributed by atoms with Gasteiger partial charge in [0.25, 0.3) is 5.88 Å². The summed E-state index contributed by atoms with van der Waals surface area (Å²) >= 11 is 0. The minimum atomic E-state index is -0.443. The van der Waals surface area contributed by atoms with Crippen LogP contribution in [0, 0.1) is 5.82 Å². The average Bonchev–Trinajstić information content (AvgIpc) is 3.00. The molecule has 4 rings (SSSR count). The smallest absolute Gasteiger partial charge is 0.250 e. The van der Waals surface area contributed by atoms with E-state index in [4.69, 9.17) is 9.47 Å².